The summed E-state index contributed by atoms with van der Waals surface area (Å²) in [6.45, 7) is 2.13. The monoisotopic (exact) mass is 495 g/mol. The van der Waals surface area contributed by atoms with Crippen LogP contribution in [0.2, 0.25) is 5.02 Å². The van der Waals surface area contributed by atoms with Crippen molar-refractivity contribution in [3.63, 3.8) is 0 Å². The average molecular weight is 496 g/mol. The number of nitrogens with one attached hydrogen (secondary N) is 1. The van der Waals surface area contributed by atoms with Crippen LogP contribution in [0.25, 0.3) is 0 Å². The molecule has 8 heteroatoms. The smallest absolute Gasteiger partial charge is 0.257 e. The van der Waals surface area contributed by atoms with Crippen LogP contribution < -0.4 is 10.1 Å². The number of methoxy groups -OCH3 is 1. The van der Waals surface area contributed by atoms with Crippen LogP contribution in [0, 0.1) is 11.2 Å². The quantitative estimate of drug-likeness (QED) is 0.527. The Morgan fingerprint density at radius 2 is 1.97 bits per heavy atom. The molecule has 0 radical (unpaired) electrons. The molecule has 34 heavy (non-hydrogen) atoms. The van der Waals surface area contributed by atoms with Crippen LogP contribution >= 0.6 is 23.4 Å². The summed E-state index contributed by atoms with van der Waals surface area (Å²) in [4.78, 5) is 22.3. The van der Waals surface area contributed by atoms with E-state index in [1.807, 2.05) is 24.3 Å². The SMILES string of the molecule is COc1nccc2c1C[C@]1(c3ccc(Cl)cc3F)N=C(NC(=O)c3ccccc3)SC[C@]1(C)C2. The molecule has 2 atom stereocenters. The predicted octanol–water partition coefficient (Wildman–Crippen LogP) is 5.42. The van der Waals surface area contributed by atoms with Crippen LogP contribution in [0.4, 0.5) is 4.39 Å². The number of aromatic nitrogens is 1. The number of benzene rings is 2. The number of rotatable bonds is 3. The van der Waals surface area contributed by atoms with Crippen molar-refractivity contribution in [1.82, 2.24) is 10.3 Å². The largest absolute Gasteiger partial charge is 0.481 e. The van der Waals surface area contributed by atoms with Crippen LogP contribution in [-0.4, -0.2) is 28.9 Å². The summed E-state index contributed by atoms with van der Waals surface area (Å²) >= 11 is 7.57. The van der Waals surface area contributed by atoms with E-state index in [1.165, 1.54) is 17.8 Å². The Morgan fingerprint density at radius 1 is 1.18 bits per heavy atom. The summed E-state index contributed by atoms with van der Waals surface area (Å²) < 4.78 is 21.0. The molecule has 1 aliphatic heterocycles. The molecule has 1 aliphatic carbocycles. The molecule has 2 aliphatic rings. The minimum atomic E-state index is -0.977. The number of aliphatic imine (C=N–C) groups is 1. The number of ether oxygens (including phenoxy) is 1. The topological polar surface area (TPSA) is 63.6 Å². The third-order valence-corrected chi connectivity index (χ3v) is 8.25. The van der Waals surface area contributed by atoms with Gasteiger partial charge in [-0.15, -0.1) is 0 Å². The molecular weight excluding hydrogens is 473 g/mol. The molecule has 1 amide bonds. The second-order valence-corrected chi connectivity index (χ2v) is 10.3. The molecule has 1 aromatic heterocycles. The summed E-state index contributed by atoms with van der Waals surface area (Å²) in [6.07, 6.45) is 2.79. The lowest BCUT2D eigenvalue weighted by atomic mass is 9.59. The second kappa shape index (κ2) is 8.71. The number of halogens is 2. The molecule has 5 rings (SSSR count). The van der Waals surface area contributed by atoms with Crippen LogP contribution in [0.3, 0.4) is 0 Å². The zero-order valence-corrected chi connectivity index (χ0v) is 20.3. The summed E-state index contributed by atoms with van der Waals surface area (Å²) in [5.74, 6) is 0.483. The van der Waals surface area contributed by atoms with Crippen LogP contribution in [0.15, 0.2) is 65.8 Å². The predicted molar refractivity (Wildman–Crippen MR) is 133 cm³/mol. The Bertz CT molecular complexity index is 1300. The fraction of sp³-hybridized carbons (Fsp3) is 0.269. The van der Waals surface area contributed by atoms with E-state index < -0.39 is 16.8 Å². The molecule has 174 valence electrons. The van der Waals surface area contributed by atoms with E-state index in [2.05, 4.69) is 17.2 Å². The van der Waals surface area contributed by atoms with Gasteiger partial charge in [-0.1, -0.05) is 54.6 Å². The fourth-order valence-corrected chi connectivity index (χ4v) is 6.32. The standard InChI is InChI=1S/C26H23ClFN3O2S/c1-25-13-17-10-11-29-23(33-2)19(17)14-26(25,20-9-8-18(27)12-21(20)28)31-24(34-15-25)30-22(32)16-6-4-3-5-7-16/h3-12H,13-15H2,1-2H3,(H,30,31,32)/t25-,26+/m0/s1. The first-order valence-electron chi connectivity index (χ1n) is 10.9. The normalized spacial score (nSPS) is 23.4. The van der Waals surface area contributed by atoms with Gasteiger partial charge in [-0.3, -0.25) is 4.79 Å². The highest BCUT2D eigenvalue weighted by molar-refractivity contribution is 8.14. The summed E-state index contributed by atoms with van der Waals surface area (Å²) in [7, 11) is 1.58. The lowest BCUT2D eigenvalue weighted by molar-refractivity contribution is 0.0975. The number of amides is 1. The van der Waals surface area contributed by atoms with Crippen molar-refractivity contribution in [2.75, 3.05) is 12.9 Å². The highest BCUT2D eigenvalue weighted by atomic mass is 35.5. The van der Waals surface area contributed by atoms with E-state index in [0.29, 0.717) is 45.8 Å². The van der Waals surface area contributed by atoms with Gasteiger partial charge in [-0.05, 0) is 42.3 Å². The van der Waals surface area contributed by atoms with Gasteiger partial charge >= 0.3 is 0 Å². The van der Waals surface area contributed by atoms with Gasteiger partial charge in [0.05, 0.1) is 7.11 Å². The van der Waals surface area contributed by atoms with E-state index in [4.69, 9.17) is 21.3 Å². The first-order chi connectivity index (χ1) is 16.3. The van der Waals surface area contributed by atoms with Crippen molar-refractivity contribution in [2.45, 2.75) is 25.3 Å². The minimum absolute atomic E-state index is 0.252. The average Bonchev–Trinajstić information content (AvgIpc) is 2.83. The molecule has 0 unspecified atom stereocenters. The van der Waals surface area contributed by atoms with Gasteiger partial charge in [-0.2, -0.15) is 0 Å². The molecule has 0 fully saturated rings. The number of pyridine rings is 1. The van der Waals surface area contributed by atoms with Crippen LogP contribution in [0.1, 0.15) is 34.0 Å². The van der Waals surface area contributed by atoms with Gasteiger partial charge in [0.15, 0.2) is 5.17 Å². The maximum Gasteiger partial charge on any atom is 0.257 e. The highest BCUT2D eigenvalue weighted by Gasteiger charge is 2.56. The number of carbonyl (C=O) groups excluding carboxylic acids is 1. The van der Waals surface area contributed by atoms with E-state index in [9.17, 15) is 4.79 Å². The zero-order chi connectivity index (χ0) is 23.9. The zero-order valence-electron chi connectivity index (χ0n) is 18.8. The summed E-state index contributed by atoms with van der Waals surface area (Å²) in [5.41, 5.74) is 1.60. The summed E-state index contributed by atoms with van der Waals surface area (Å²) in [5, 5.41) is 3.73. The molecule has 0 bridgehead atoms. The number of nitrogens with zero attached hydrogens (tertiary/aromatic N) is 2. The molecule has 0 saturated heterocycles. The molecular formula is C26H23ClFN3O2S. The van der Waals surface area contributed by atoms with Gasteiger partial charge in [0.1, 0.15) is 11.4 Å². The van der Waals surface area contributed by atoms with Gasteiger partial charge in [0, 0.05) is 45.5 Å². The van der Waals surface area contributed by atoms with Crippen LogP contribution in [-0.2, 0) is 18.4 Å². The Kier molecular flexibility index (Phi) is 5.86. The van der Waals surface area contributed by atoms with Gasteiger partial charge in [0.25, 0.3) is 5.91 Å². The van der Waals surface area contributed by atoms with Gasteiger partial charge < -0.3 is 10.1 Å². The Labute approximate surface area is 206 Å². The lowest BCUT2D eigenvalue weighted by Gasteiger charge is -2.52. The van der Waals surface area contributed by atoms with E-state index in [1.54, 1.807) is 37.6 Å². The third-order valence-electron chi connectivity index (χ3n) is 6.77. The Balaban J connectivity index is 1.66. The van der Waals surface area contributed by atoms with E-state index in [-0.39, 0.29) is 5.91 Å². The van der Waals surface area contributed by atoms with Crippen molar-refractivity contribution < 1.29 is 13.9 Å². The number of amidine groups is 1. The van der Waals surface area contributed by atoms with Gasteiger partial charge in [-0.25, -0.2) is 14.4 Å². The first-order valence-corrected chi connectivity index (χ1v) is 12.3. The molecule has 0 spiro atoms. The van der Waals surface area contributed by atoms with E-state index in [0.717, 1.165) is 11.1 Å². The first kappa shape index (κ1) is 22.9. The van der Waals surface area contributed by atoms with Crippen molar-refractivity contribution in [1.29, 1.82) is 0 Å². The van der Waals surface area contributed by atoms with Crippen molar-refractivity contribution >= 4 is 34.4 Å². The van der Waals surface area contributed by atoms with Gasteiger partial charge in [0.2, 0.25) is 5.88 Å². The summed E-state index contributed by atoms with van der Waals surface area (Å²) in [6, 6.07) is 15.7. The number of hydrogen-bond donors (Lipinski definition) is 1. The molecule has 1 N–H and O–H groups in total. The number of thioether (sulfide) groups is 1. The molecule has 2 heterocycles. The third kappa shape index (κ3) is 3.77. The number of hydrogen-bond acceptors (Lipinski definition) is 5. The van der Waals surface area contributed by atoms with Crippen molar-refractivity contribution in [3.05, 3.63) is 93.9 Å². The van der Waals surface area contributed by atoms with E-state index >= 15 is 4.39 Å². The lowest BCUT2D eigenvalue weighted by Crippen LogP contribution is -2.54. The molecule has 0 saturated carbocycles. The Morgan fingerprint density at radius 3 is 2.71 bits per heavy atom. The highest BCUT2D eigenvalue weighted by Crippen LogP contribution is 2.57. The fourth-order valence-electron chi connectivity index (χ4n) is 4.98. The molecule has 5 nitrogen and oxygen atoms in total. The Hall–Kier alpha value is -2.90. The van der Waals surface area contributed by atoms with Crippen molar-refractivity contribution in [2.24, 2.45) is 10.4 Å². The maximum absolute atomic E-state index is 15.5. The maximum atomic E-state index is 15.5. The molecule has 2 aromatic carbocycles. The van der Waals surface area contributed by atoms with Crippen LogP contribution in [0.5, 0.6) is 5.88 Å². The number of fused-ring (bicyclic) bond motifs is 2. The second-order valence-electron chi connectivity index (χ2n) is 8.88. The van der Waals surface area contributed by atoms with Crippen molar-refractivity contribution in [3.8, 4) is 5.88 Å². The number of carbonyl (C=O) groups is 1. The molecule has 3 aromatic rings. The minimum Gasteiger partial charge on any atom is -0.481 e.